The van der Waals surface area contributed by atoms with E-state index in [0.717, 1.165) is 25.7 Å². The highest BCUT2D eigenvalue weighted by Gasteiger charge is 2.00. The monoisotopic (exact) mass is 343 g/mol. The molecule has 0 atom stereocenters. The number of esters is 1. The van der Waals surface area contributed by atoms with E-state index in [9.17, 15) is 4.79 Å². The van der Waals surface area contributed by atoms with Crippen molar-refractivity contribution in [2.45, 2.75) is 39.0 Å². The molecule has 0 radical (unpaired) electrons. The zero-order valence-corrected chi connectivity index (χ0v) is 12.1. The van der Waals surface area contributed by atoms with Gasteiger partial charge in [-0.25, -0.2) is 0 Å². The molecule has 6 heteroatoms. The second-order valence-electron chi connectivity index (χ2n) is 3.28. The third kappa shape index (κ3) is 13.5. The summed E-state index contributed by atoms with van der Waals surface area (Å²) in [6.07, 6.45) is 4.40. The number of aliphatic imine (C=N–C) groups is 1. The lowest BCUT2D eigenvalue weighted by atomic mass is 10.1. The molecule has 0 saturated carbocycles. The molecule has 0 bridgehead atoms. The molecule has 5 nitrogen and oxygen atoms in total. The van der Waals surface area contributed by atoms with Crippen LogP contribution >= 0.6 is 24.0 Å². The summed E-state index contributed by atoms with van der Waals surface area (Å²) >= 11 is 0. The standard InChI is InChI=1S/C10H21N3O2.HI/c1-2-15-9(14)7-5-3-4-6-8-13-10(11)12;/h2-8H2,1H3,(H4,11,12,13);1H. The number of nitrogens with two attached hydrogens (primary N) is 2. The number of halogens is 1. The van der Waals surface area contributed by atoms with Gasteiger partial charge >= 0.3 is 5.97 Å². The number of hydrogen-bond donors (Lipinski definition) is 2. The van der Waals surface area contributed by atoms with E-state index in [1.807, 2.05) is 6.92 Å². The van der Waals surface area contributed by atoms with Gasteiger partial charge in [-0.15, -0.1) is 24.0 Å². The number of carbonyl (C=O) groups excluding carboxylic acids is 1. The lowest BCUT2D eigenvalue weighted by molar-refractivity contribution is -0.143. The van der Waals surface area contributed by atoms with Gasteiger partial charge in [0, 0.05) is 13.0 Å². The lowest BCUT2D eigenvalue weighted by Gasteiger charge is -2.01. The van der Waals surface area contributed by atoms with Gasteiger partial charge in [0.2, 0.25) is 0 Å². The number of rotatable bonds is 8. The van der Waals surface area contributed by atoms with Crippen LogP contribution in [-0.2, 0) is 9.53 Å². The van der Waals surface area contributed by atoms with E-state index in [-0.39, 0.29) is 35.9 Å². The van der Waals surface area contributed by atoms with Gasteiger partial charge in [-0.05, 0) is 19.8 Å². The number of ether oxygens (including phenoxy) is 1. The van der Waals surface area contributed by atoms with Crippen molar-refractivity contribution in [1.82, 2.24) is 0 Å². The van der Waals surface area contributed by atoms with Crippen LogP contribution in [0.5, 0.6) is 0 Å². The first-order chi connectivity index (χ1) is 7.16. The Morgan fingerprint density at radius 1 is 1.19 bits per heavy atom. The van der Waals surface area contributed by atoms with Crippen LogP contribution in [0.4, 0.5) is 0 Å². The van der Waals surface area contributed by atoms with Crippen molar-refractivity contribution in [1.29, 1.82) is 0 Å². The van der Waals surface area contributed by atoms with E-state index < -0.39 is 0 Å². The van der Waals surface area contributed by atoms with Crippen LogP contribution in [0.1, 0.15) is 39.0 Å². The van der Waals surface area contributed by atoms with Crippen LogP contribution in [0.25, 0.3) is 0 Å². The average Bonchev–Trinajstić information content (AvgIpc) is 2.16. The molecule has 0 unspecified atom stereocenters. The van der Waals surface area contributed by atoms with Gasteiger partial charge in [0.25, 0.3) is 0 Å². The van der Waals surface area contributed by atoms with E-state index in [0.29, 0.717) is 19.6 Å². The van der Waals surface area contributed by atoms with Crippen molar-refractivity contribution < 1.29 is 9.53 Å². The minimum atomic E-state index is -0.110. The Bertz CT molecular complexity index is 206. The van der Waals surface area contributed by atoms with Gasteiger partial charge in [-0.3, -0.25) is 9.79 Å². The quantitative estimate of drug-likeness (QED) is 0.229. The maximum Gasteiger partial charge on any atom is 0.305 e. The molecule has 0 saturated heterocycles. The van der Waals surface area contributed by atoms with E-state index in [4.69, 9.17) is 16.2 Å². The van der Waals surface area contributed by atoms with E-state index in [2.05, 4.69) is 4.99 Å². The summed E-state index contributed by atoms with van der Waals surface area (Å²) < 4.78 is 4.81. The SMILES string of the molecule is CCOC(=O)CCCCCCN=C(N)N.I. The van der Waals surface area contributed by atoms with Crippen molar-refractivity contribution >= 4 is 35.9 Å². The Hall–Kier alpha value is -0.530. The van der Waals surface area contributed by atoms with Gasteiger partial charge in [0.15, 0.2) is 5.96 Å². The highest BCUT2D eigenvalue weighted by molar-refractivity contribution is 14.0. The summed E-state index contributed by atoms with van der Waals surface area (Å²) in [5, 5.41) is 0. The van der Waals surface area contributed by atoms with Gasteiger partial charge in [-0.1, -0.05) is 12.8 Å². The molecule has 96 valence electrons. The maximum absolute atomic E-state index is 10.9. The first kappa shape index (κ1) is 17.9. The molecule has 0 fully saturated rings. The smallest absolute Gasteiger partial charge is 0.305 e. The lowest BCUT2D eigenvalue weighted by Crippen LogP contribution is -2.22. The molecule has 0 aliphatic carbocycles. The summed E-state index contributed by atoms with van der Waals surface area (Å²) in [4.78, 5) is 14.8. The molecule has 0 amide bonds. The predicted octanol–water partition coefficient (Wildman–Crippen LogP) is 1.39. The molecule has 16 heavy (non-hydrogen) atoms. The fourth-order valence-electron chi connectivity index (χ4n) is 1.18. The molecule has 0 heterocycles. The van der Waals surface area contributed by atoms with Gasteiger partial charge < -0.3 is 16.2 Å². The minimum Gasteiger partial charge on any atom is -0.466 e. The maximum atomic E-state index is 10.9. The molecule has 0 aromatic carbocycles. The van der Waals surface area contributed by atoms with Crippen LogP contribution in [0.2, 0.25) is 0 Å². The summed E-state index contributed by atoms with van der Waals surface area (Å²) in [5.74, 6) is 0.0308. The first-order valence-electron chi connectivity index (χ1n) is 5.37. The number of carbonyl (C=O) groups is 1. The molecular formula is C10H22IN3O2. The molecule has 0 aromatic heterocycles. The summed E-state index contributed by atoms with van der Waals surface area (Å²) in [5.41, 5.74) is 10.3. The summed E-state index contributed by atoms with van der Waals surface area (Å²) in [7, 11) is 0. The van der Waals surface area contributed by atoms with Gasteiger partial charge in [0.1, 0.15) is 0 Å². The molecule has 0 aliphatic rings. The topological polar surface area (TPSA) is 90.7 Å². The van der Waals surface area contributed by atoms with Gasteiger partial charge in [0.05, 0.1) is 6.61 Å². The van der Waals surface area contributed by atoms with Crippen LogP contribution in [0.15, 0.2) is 4.99 Å². The second kappa shape index (κ2) is 12.5. The van der Waals surface area contributed by atoms with Crippen LogP contribution in [0, 0.1) is 0 Å². The van der Waals surface area contributed by atoms with Crippen LogP contribution < -0.4 is 11.5 Å². The van der Waals surface area contributed by atoms with E-state index in [1.54, 1.807) is 0 Å². The predicted molar refractivity (Wildman–Crippen MR) is 75.8 cm³/mol. The first-order valence-corrected chi connectivity index (χ1v) is 5.37. The van der Waals surface area contributed by atoms with Crippen LogP contribution in [-0.4, -0.2) is 25.1 Å². The fraction of sp³-hybridized carbons (Fsp3) is 0.800. The summed E-state index contributed by atoms with van der Waals surface area (Å²) in [6, 6.07) is 0. The highest BCUT2D eigenvalue weighted by Crippen LogP contribution is 2.04. The largest absolute Gasteiger partial charge is 0.466 e. The highest BCUT2D eigenvalue weighted by atomic mass is 127. The Morgan fingerprint density at radius 2 is 1.81 bits per heavy atom. The molecule has 0 aliphatic heterocycles. The Morgan fingerprint density at radius 3 is 2.38 bits per heavy atom. The zero-order chi connectivity index (χ0) is 11.5. The second-order valence-corrected chi connectivity index (χ2v) is 3.28. The summed E-state index contributed by atoms with van der Waals surface area (Å²) in [6.45, 7) is 2.94. The molecule has 0 spiro atoms. The van der Waals surface area contributed by atoms with E-state index in [1.165, 1.54) is 0 Å². The Balaban J connectivity index is 0. The normalized spacial score (nSPS) is 9.06. The number of guanidine groups is 1. The third-order valence-corrected chi connectivity index (χ3v) is 1.89. The van der Waals surface area contributed by atoms with Crippen molar-refractivity contribution in [3.8, 4) is 0 Å². The zero-order valence-electron chi connectivity index (χ0n) is 9.78. The molecule has 0 aromatic rings. The van der Waals surface area contributed by atoms with Crippen LogP contribution in [0.3, 0.4) is 0 Å². The third-order valence-electron chi connectivity index (χ3n) is 1.89. The molecule has 0 rings (SSSR count). The van der Waals surface area contributed by atoms with Crippen molar-refractivity contribution in [2.75, 3.05) is 13.2 Å². The van der Waals surface area contributed by atoms with Crippen molar-refractivity contribution in [3.63, 3.8) is 0 Å². The minimum absolute atomic E-state index is 0. The van der Waals surface area contributed by atoms with Gasteiger partial charge in [-0.2, -0.15) is 0 Å². The number of unbranched alkanes of at least 4 members (excludes halogenated alkanes) is 3. The van der Waals surface area contributed by atoms with E-state index >= 15 is 0 Å². The Labute approximate surface area is 114 Å². The average molecular weight is 343 g/mol. The number of hydrogen-bond acceptors (Lipinski definition) is 3. The fourth-order valence-corrected chi connectivity index (χ4v) is 1.18. The Kier molecular flexibility index (Phi) is 14.0. The number of nitrogens with zero attached hydrogens (tertiary/aromatic N) is 1. The molecular weight excluding hydrogens is 321 g/mol. The molecule has 4 N–H and O–H groups in total. The van der Waals surface area contributed by atoms with Crippen molar-refractivity contribution in [3.05, 3.63) is 0 Å². The van der Waals surface area contributed by atoms with Crippen molar-refractivity contribution in [2.24, 2.45) is 16.5 Å².